The minimum atomic E-state index is -4.66. The van der Waals surface area contributed by atoms with E-state index in [1.165, 1.54) is 12.1 Å². The summed E-state index contributed by atoms with van der Waals surface area (Å²) in [5.74, 6) is 0.354. The van der Waals surface area contributed by atoms with E-state index in [1.807, 2.05) is 0 Å². The third kappa shape index (κ3) is 3.41. The van der Waals surface area contributed by atoms with Gasteiger partial charge in [0, 0.05) is 5.54 Å². The lowest BCUT2D eigenvalue weighted by molar-refractivity contribution is -0.274. The van der Waals surface area contributed by atoms with E-state index in [9.17, 15) is 13.2 Å². The first-order valence-electron chi connectivity index (χ1n) is 6.47. The van der Waals surface area contributed by atoms with Crippen LogP contribution in [0.15, 0.2) is 24.3 Å². The maximum atomic E-state index is 12.2. The maximum absolute atomic E-state index is 12.2. The van der Waals surface area contributed by atoms with E-state index in [0.717, 1.165) is 31.2 Å². The highest BCUT2D eigenvalue weighted by Gasteiger charge is 2.37. The van der Waals surface area contributed by atoms with Gasteiger partial charge in [-0.2, -0.15) is 0 Å². The minimum absolute atomic E-state index is 0.199. The van der Waals surface area contributed by atoms with Gasteiger partial charge in [0.1, 0.15) is 5.75 Å². The molecule has 2 atom stereocenters. The summed E-state index contributed by atoms with van der Waals surface area (Å²) in [6.45, 7) is 2.11. The quantitative estimate of drug-likeness (QED) is 0.905. The summed E-state index contributed by atoms with van der Waals surface area (Å²) >= 11 is 0. The summed E-state index contributed by atoms with van der Waals surface area (Å²) < 4.78 is 40.6. The van der Waals surface area contributed by atoms with Gasteiger partial charge in [0.05, 0.1) is 0 Å². The molecule has 0 spiro atoms. The molecule has 0 aliphatic heterocycles. The predicted molar refractivity (Wildman–Crippen MR) is 66.6 cm³/mol. The van der Waals surface area contributed by atoms with Crippen molar-refractivity contribution in [2.45, 2.75) is 44.5 Å². The van der Waals surface area contributed by atoms with Gasteiger partial charge in [0.2, 0.25) is 0 Å². The topological polar surface area (TPSA) is 35.2 Å². The Hall–Kier alpha value is -1.23. The molecule has 0 radical (unpaired) electrons. The van der Waals surface area contributed by atoms with Crippen LogP contribution in [-0.2, 0) is 5.54 Å². The fraction of sp³-hybridized carbons (Fsp3) is 0.571. The summed E-state index contributed by atoms with van der Waals surface area (Å²) in [5.41, 5.74) is 6.55. The highest BCUT2D eigenvalue weighted by atomic mass is 19.4. The van der Waals surface area contributed by atoms with E-state index in [-0.39, 0.29) is 5.75 Å². The SMILES string of the molecule is CCC1CCC(N)(c2cccc(OC(F)(F)F)c2)C1. The standard InChI is InChI=1S/C14H18F3NO/c1-2-10-6-7-13(18,9-10)11-4-3-5-12(8-11)19-14(15,16)17/h3-5,8,10H,2,6-7,9,18H2,1H3. The van der Waals surface area contributed by atoms with Gasteiger partial charge in [-0.15, -0.1) is 13.2 Å². The lowest BCUT2D eigenvalue weighted by Crippen LogP contribution is -2.33. The summed E-state index contributed by atoms with van der Waals surface area (Å²) in [5, 5.41) is 0. The van der Waals surface area contributed by atoms with Gasteiger partial charge in [-0.1, -0.05) is 25.5 Å². The predicted octanol–water partition coefficient (Wildman–Crippen LogP) is 3.95. The first-order valence-corrected chi connectivity index (χ1v) is 6.47. The lowest BCUT2D eigenvalue weighted by Gasteiger charge is -2.25. The third-order valence-electron chi connectivity index (χ3n) is 3.87. The number of rotatable bonds is 3. The first kappa shape index (κ1) is 14.2. The summed E-state index contributed by atoms with van der Waals surface area (Å²) in [6, 6.07) is 6.05. The van der Waals surface area contributed by atoms with E-state index < -0.39 is 11.9 Å². The van der Waals surface area contributed by atoms with Crippen LogP contribution in [0.25, 0.3) is 0 Å². The molecule has 0 heterocycles. The van der Waals surface area contributed by atoms with Crippen LogP contribution < -0.4 is 10.5 Å². The zero-order valence-corrected chi connectivity index (χ0v) is 10.8. The zero-order valence-electron chi connectivity index (χ0n) is 10.8. The van der Waals surface area contributed by atoms with Crippen LogP contribution in [0.3, 0.4) is 0 Å². The van der Waals surface area contributed by atoms with E-state index in [2.05, 4.69) is 11.7 Å². The highest BCUT2D eigenvalue weighted by molar-refractivity contribution is 5.34. The fourth-order valence-corrected chi connectivity index (χ4v) is 2.79. The molecule has 1 aliphatic carbocycles. The Bertz CT molecular complexity index is 447. The van der Waals surface area contributed by atoms with Gasteiger partial charge in [0.15, 0.2) is 0 Å². The number of nitrogens with two attached hydrogens (primary N) is 1. The second kappa shape index (κ2) is 5.04. The Morgan fingerprint density at radius 1 is 1.42 bits per heavy atom. The van der Waals surface area contributed by atoms with Crippen LogP contribution in [0, 0.1) is 5.92 Å². The number of alkyl halides is 3. The van der Waals surface area contributed by atoms with Crippen molar-refractivity contribution in [1.29, 1.82) is 0 Å². The molecular formula is C14H18F3NO. The molecule has 1 aromatic rings. The van der Waals surface area contributed by atoms with Crippen LogP contribution in [0.5, 0.6) is 5.75 Å². The molecular weight excluding hydrogens is 255 g/mol. The monoisotopic (exact) mass is 273 g/mol. The highest BCUT2D eigenvalue weighted by Crippen LogP contribution is 2.42. The number of ether oxygens (including phenoxy) is 1. The smallest absolute Gasteiger partial charge is 0.406 e. The molecule has 2 unspecified atom stereocenters. The molecule has 2 rings (SSSR count). The average molecular weight is 273 g/mol. The second-order valence-electron chi connectivity index (χ2n) is 5.25. The molecule has 5 heteroatoms. The van der Waals surface area contributed by atoms with Gasteiger partial charge in [0.25, 0.3) is 0 Å². The number of hydrogen-bond donors (Lipinski definition) is 1. The van der Waals surface area contributed by atoms with E-state index in [4.69, 9.17) is 5.73 Å². The molecule has 2 nitrogen and oxygen atoms in total. The molecule has 1 aromatic carbocycles. The zero-order chi connectivity index (χ0) is 14.1. The van der Waals surface area contributed by atoms with Gasteiger partial charge in [-0.05, 0) is 42.9 Å². The van der Waals surface area contributed by atoms with Crippen molar-refractivity contribution < 1.29 is 17.9 Å². The number of benzene rings is 1. The van der Waals surface area contributed by atoms with Crippen molar-refractivity contribution in [3.8, 4) is 5.75 Å². The van der Waals surface area contributed by atoms with Crippen molar-refractivity contribution in [1.82, 2.24) is 0 Å². The van der Waals surface area contributed by atoms with Crippen molar-refractivity contribution >= 4 is 0 Å². The van der Waals surface area contributed by atoms with E-state index in [1.54, 1.807) is 12.1 Å². The summed E-state index contributed by atoms with van der Waals surface area (Å²) in [7, 11) is 0. The molecule has 1 aliphatic rings. The van der Waals surface area contributed by atoms with E-state index in [0.29, 0.717) is 5.92 Å². The van der Waals surface area contributed by atoms with Crippen LogP contribution in [0.2, 0.25) is 0 Å². The van der Waals surface area contributed by atoms with Gasteiger partial charge in [-0.3, -0.25) is 0 Å². The van der Waals surface area contributed by atoms with Crippen LogP contribution in [0.1, 0.15) is 38.2 Å². The Morgan fingerprint density at radius 2 is 2.16 bits per heavy atom. The molecule has 19 heavy (non-hydrogen) atoms. The Balaban J connectivity index is 2.19. The molecule has 106 valence electrons. The van der Waals surface area contributed by atoms with Gasteiger partial charge < -0.3 is 10.5 Å². The average Bonchev–Trinajstić information content (AvgIpc) is 2.71. The van der Waals surface area contributed by atoms with Crippen molar-refractivity contribution in [3.63, 3.8) is 0 Å². The molecule has 1 fully saturated rings. The van der Waals surface area contributed by atoms with Gasteiger partial charge >= 0.3 is 6.36 Å². The lowest BCUT2D eigenvalue weighted by atomic mass is 9.88. The van der Waals surface area contributed by atoms with Gasteiger partial charge in [-0.25, -0.2) is 0 Å². The Labute approximate surface area is 110 Å². The normalized spacial score (nSPS) is 27.5. The second-order valence-corrected chi connectivity index (χ2v) is 5.25. The summed E-state index contributed by atoms with van der Waals surface area (Å²) in [4.78, 5) is 0. The number of halogens is 3. The molecule has 0 bridgehead atoms. The Morgan fingerprint density at radius 3 is 2.74 bits per heavy atom. The summed E-state index contributed by atoms with van der Waals surface area (Å²) in [6.07, 6.45) is -0.961. The fourth-order valence-electron chi connectivity index (χ4n) is 2.79. The van der Waals surface area contributed by atoms with Crippen molar-refractivity contribution in [3.05, 3.63) is 29.8 Å². The number of hydrogen-bond acceptors (Lipinski definition) is 2. The maximum Gasteiger partial charge on any atom is 0.573 e. The largest absolute Gasteiger partial charge is 0.573 e. The molecule has 0 aromatic heterocycles. The Kier molecular flexibility index (Phi) is 3.76. The first-order chi connectivity index (χ1) is 8.82. The molecule has 1 saturated carbocycles. The van der Waals surface area contributed by atoms with Crippen molar-refractivity contribution in [2.24, 2.45) is 11.7 Å². The van der Waals surface area contributed by atoms with Crippen LogP contribution in [0.4, 0.5) is 13.2 Å². The molecule has 0 saturated heterocycles. The van der Waals surface area contributed by atoms with Crippen LogP contribution >= 0.6 is 0 Å². The van der Waals surface area contributed by atoms with Crippen LogP contribution in [-0.4, -0.2) is 6.36 Å². The molecule has 0 amide bonds. The third-order valence-corrected chi connectivity index (χ3v) is 3.87. The van der Waals surface area contributed by atoms with Crippen molar-refractivity contribution in [2.75, 3.05) is 0 Å². The van der Waals surface area contributed by atoms with E-state index >= 15 is 0 Å². The minimum Gasteiger partial charge on any atom is -0.406 e. The molecule has 2 N–H and O–H groups in total.